The van der Waals surface area contributed by atoms with Crippen molar-refractivity contribution in [2.45, 2.75) is 18.6 Å². The quantitative estimate of drug-likeness (QED) is 0.542. The molecule has 3 heterocycles. The third-order valence-electron chi connectivity index (χ3n) is 4.81. The number of imide groups is 1. The highest BCUT2D eigenvalue weighted by molar-refractivity contribution is 9.10. The molecular weight excluding hydrogens is 459 g/mol. The third-order valence-corrected chi connectivity index (χ3v) is 5.34. The zero-order chi connectivity index (χ0) is 20.8. The number of hydrogen-bond acceptors (Lipinski definition) is 8. The van der Waals surface area contributed by atoms with Crippen LogP contribution in [0, 0.1) is 5.82 Å². The lowest BCUT2D eigenvalue weighted by Gasteiger charge is -2.19. The molecule has 2 atom stereocenters. The summed E-state index contributed by atoms with van der Waals surface area (Å²) in [6.45, 7) is 0.0183. The minimum atomic E-state index is -0.962. The van der Waals surface area contributed by atoms with Crippen LogP contribution in [0.5, 0.6) is 0 Å². The Morgan fingerprint density at radius 3 is 2.50 bits per heavy atom. The van der Waals surface area contributed by atoms with E-state index in [1.54, 1.807) is 0 Å². The van der Waals surface area contributed by atoms with E-state index in [9.17, 15) is 14.0 Å². The SMILES string of the molecule is O=C1[C@@H]2N=NN(Cc3nc(-c4ccc(Br)cc4)no3)[C@H]2C(=O)N1c1ccc(F)cc1. The van der Waals surface area contributed by atoms with E-state index in [0.29, 0.717) is 5.82 Å². The van der Waals surface area contributed by atoms with Crippen LogP contribution >= 0.6 is 15.9 Å². The minimum absolute atomic E-state index is 0.0183. The predicted molar refractivity (Wildman–Crippen MR) is 104 cm³/mol. The minimum Gasteiger partial charge on any atom is -0.337 e. The molecule has 0 aliphatic carbocycles. The number of benzene rings is 2. The van der Waals surface area contributed by atoms with Gasteiger partial charge < -0.3 is 4.52 Å². The lowest BCUT2D eigenvalue weighted by Crippen LogP contribution is -2.39. The number of anilines is 1. The van der Waals surface area contributed by atoms with E-state index in [1.807, 2.05) is 24.3 Å². The first-order chi connectivity index (χ1) is 14.5. The van der Waals surface area contributed by atoms with E-state index in [0.717, 1.165) is 14.9 Å². The molecule has 5 rings (SSSR count). The summed E-state index contributed by atoms with van der Waals surface area (Å²) < 4.78 is 19.4. The molecule has 1 fully saturated rings. The standard InChI is InChI=1S/C19H12BrFN6O3/c20-11-3-1-10(2-4-11)17-22-14(30-24-17)9-26-16-15(23-25-26)18(28)27(19(16)29)13-7-5-12(21)6-8-13/h1-8,15-16H,9H2/t15-,16-/m1/s1. The summed E-state index contributed by atoms with van der Waals surface area (Å²) in [5.74, 6) is -0.838. The van der Waals surface area contributed by atoms with Gasteiger partial charge in [-0.3, -0.25) is 14.6 Å². The fraction of sp³-hybridized carbons (Fsp3) is 0.158. The number of carbonyl (C=O) groups is 2. The largest absolute Gasteiger partial charge is 0.337 e. The molecule has 0 saturated carbocycles. The van der Waals surface area contributed by atoms with Crippen LogP contribution < -0.4 is 4.90 Å². The van der Waals surface area contributed by atoms with Crippen LogP contribution in [0.1, 0.15) is 5.89 Å². The van der Waals surface area contributed by atoms with Gasteiger partial charge in [0, 0.05) is 10.0 Å². The van der Waals surface area contributed by atoms with Gasteiger partial charge in [-0.05, 0) is 48.5 Å². The van der Waals surface area contributed by atoms with Crippen LogP contribution in [-0.4, -0.2) is 39.0 Å². The van der Waals surface area contributed by atoms with Crippen LogP contribution in [-0.2, 0) is 16.1 Å². The van der Waals surface area contributed by atoms with Crippen LogP contribution in [0.2, 0.25) is 0 Å². The molecule has 2 aliphatic heterocycles. The molecule has 0 unspecified atom stereocenters. The number of fused-ring (bicyclic) bond motifs is 1. The first-order valence-electron chi connectivity index (χ1n) is 8.90. The number of nitrogens with zero attached hydrogens (tertiary/aromatic N) is 6. The number of rotatable bonds is 4. The average molecular weight is 471 g/mol. The molecule has 3 aromatic rings. The van der Waals surface area contributed by atoms with E-state index in [2.05, 4.69) is 36.4 Å². The highest BCUT2D eigenvalue weighted by Gasteiger charge is 2.55. The number of halogens is 2. The Balaban J connectivity index is 1.36. The van der Waals surface area contributed by atoms with Crippen molar-refractivity contribution in [2.75, 3.05) is 4.90 Å². The molecule has 9 nitrogen and oxygen atoms in total. The molecule has 2 aliphatic rings. The summed E-state index contributed by atoms with van der Waals surface area (Å²) in [5.41, 5.74) is 1.05. The lowest BCUT2D eigenvalue weighted by atomic mass is 10.1. The Hall–Kier alpha value is -3.47. The summed E-state index contributed by atoms with van der Waals surface area (Å²) in [6.07, 6.45) is 0. The van der Waals surface area contributed by atoms with Gasteiger partial charge in [-0.25, -0.2) is 9.29 Å². The summed E-state index contributed by atoms with van der Waals surface area (Å²) in [6, 6.07) is 10.6. The second-order valence-corrected chi connectivity index (χ2v) is 7.61. The van der Waals surface area contributed by atoms with Gasteiger partial charge in [0.1, 0.15) is 12.4 Å². The van der Waals surface area contributed by atoms with Crippen LogP contribution in [0.15, 0.2) is 67.9 Å². The van der Waals surface area contributed by atoms with Gasteiger partial charge in [0.2, 0.25) is 11.7 Å². The van der Waals surface area contributed by atoms with Gasteiger partial charge in [0.25, 0.3) is 11.8 Å². The van der Waals surface area contributed by atoms with Crippen LogP contribution in [0.3, 0.4) is 0 Å². The van der Waals surface area contributed by atoms with Crippen molar-refractivity contribution in [3.05, 3.63) is 64.7 Å². The summed E-state index contributed by atoms with van der Waals surface area (Å²) in [4.78, 5) is 30.9. The molecule has 0 spiro atoms. The van der Waals surface area contributed by atoms with Gasteiger partial charge >= 0.3 is 0 Å². The first kappa shape index (κ1) is 18.6. The second kappa shape index (κ2) is 7.10. The summed E-state index contributed by atoms with van der Waals surface area (Å²) >= 11 is 3.37. The van der Waals surface area contributed by atoms with Crippen molar-refractivity contribution < 1.29 is 18.5 Å². The monoisotopic (exact) mass is 470 g/mol. The van der Waals surface area contributed by atoms with Gasteiger partial charge in [-0.2, -0.15) is 10.1 Å². The highest BCUT2D eigenvalue weighted by atomic mass is 79.9. The van der Waals surface area contributed by atoms with Crippen LogP contribution in [0.4, 0.5) is 10.1 Å². The Morgan fingerprint density at radius 2 is 1.77 bits per heavy atom. The Morgan fingerprint density at radius 1 is 1.03 bits per heavy atom. The van der Waals surface area contributed by atoms with E-state index < -0.39 is 29.7 Å². The third kappa shape index (κ3) is 3.07. The van der Waals surface area contributed by atoms with Crippen molar-refractivity contribution >= 4 is 33.4 Å². The molecule has 1 saturated heterocycles. The maximum absolute atomic E-state index is 13.2. The van der Waals surface area contributed by atoms with Crippen molar-refractivity contribution in [3.63, 3.8) is 0 Å². The van der Waals surface area contributed by atoms with Gasteiger partial charge in [-0.1, -0.05) is 26.3 Å². The smallest absolute Gasteiger partial charge is 0.263 e. The summed E-state index contributed by atoms with van der Waals surface area (Å²) in [7, 11) is 0. The first-order valence-corrected chi connectivity index (χ1v) is 9.70. The predicted octanol–water partition coefficient (Wildman–Crippen LogP) is 3.13. The van der Waals surface area contributed by atoms with Gasteiger partial charge in [0.05, 0.1) is 5.69 Å². The van der Waals surface area contributed by atoms with E-state index in [4.69, 9.17) is 4.52 Å². The van der Waals surface area contributed by atoms with E-state index in [1.165, 1.54) is 29.3 Å². The van der Waals surface area contributed by atoms with Gasteiger partial charge in [-0.15, -0.1) is 0 Å². The number of carbonyl (C=O) groups excluding carboxylic acids is 2. The number of aromatic nitrogens is 2. The molecule has 2 aromatic carbocycles. The van der Waals surface area contributed by atoms with Crippen molar-refractivity contribution in [1.29, 1.82) is 0 Å². The number of hydrogen-bond donors (Lipinski definition) is 0. The van der Waals surface area contributed by atoms with E-state index >= 15 is 0 Å². The lowest BCUT2D eigenvalue weighted by molar-refractivity contribution is -0.123. The highest BCUT2D eigenvalue weighted by Crippen LogP contribution is 2.32. The number of amides is 2. The maximum atomic E-state index is 13.2. The fourth-order valence-corrected chi connectivity index (χ4v) is 3.64. The topological polar surface area (TPSA) is 104 Å². The summed E-state index contributed by atoms with van der Waals surface area (Å²) in [5, 5.41) is 13.2. The molecule has 150 valence electrons. The Kier molecular flexibility index (Phi) is 4.39. The second-order valence-electron chi connectivity index (χ2n) is 6.70. The van der Waals surface area contributed by atoms with Gasteiger partial charge in [0.15, 0.2) is 12.1 Å². The molecule has 1 aromatic heterocycles. The Labute approximate surface area is 177 Å². The fourth-order valence-electron chi connectivity index (χ4n) is 3.37. The molecule has 0 N–H and O–H groups in total. The molecule has 11 heteroatoms. The van der Waals surface area contributed by atoms with Crippen molar-refractivity contribution in [1.82, 2.24) is 15.1 Å². The van der Waals surface area contributed by atoms with Crippen molar-refractivity contribution in [2.24, 2.45) is 10.3 Å². The molecule has 30 heavy (non-hydrogen) atoms. The molecule has 2 amide bonds. The van der Waals surface area contributed by atoms with Crippen LogP contribution in [0.25, 0.3) is 11.4 Å². The Bertz CT molecular complexity index is 1160. The van der Waals surface area contributed by atoms with E-state index in [-0.39, 0.29) is 18.1 Å². The zero-order valence-corrected chi connectivity index (χ0v) is 16.7. The van der Waals surface area contributed by atoms with Crippen molar-refractivity contribution in [3.8, 4) is 11.4 Å². The maximum Gasteiger partial charge on any atom is 0.263 e. The average Bonchev–Trinajstić information content (AvgIpc) is 3.43. The molecule has 0 bridgehead atoms. The normalized spacial score (nSPS) is 20.3. The zero-order valence-electron chi connectivity index (χ0n) is 15.1. The molecular formula is C19H12BrFN6O3. The molecule has 0 radical (unpaired) electrons.